The summed E-state index contributed by atoms with van der Waals surface area (Å²) in [5.41, 5.74) is 7.15. The molecule has 5 heteroatoms. The third-order valence-corrected chi connectivity index (χ3v) is 5.49. The van der Waals surface area contributed by atoms with Crippen LogP contribution in [0.15, 0.2) is 22.7 Å². The third kappa shape index (κ3) is 3.83. The molecule has 0 aromatic heterocycles. The van der Waals surface area contributed by atoms with Gasteiger partial charge < -0.3 is 5.73 Å². The molecule has 1 atom stereocenters. The van der Waals surface area contributed by atoms with E-state index in [2.05, 4.69) is 25.7 Å². The lowest BCUT2D eigenvalue weighted by Gasteiger charge is -2.34. The first kappa shape index (κ1) is 15.4. The smallest absolute Gasteiger partial charge is 0.124 e. The molecule has 2 N–H and O–H groups in total. The molecule has 1 aromatic carbocycles. The fourth-order valence-electron chi connectivity index (χ4n) is 3.43. The summed E-state index contributed by atoms with van der Waals surface area (Å²) in [6.07, 6.45) is 3.48. The molecule has 2 fully saturated rings. The second kappa shape index (κ2) is 6.73. The van der Waals surface area contributed by atoms with Gasteiger partial charge in [-0.25, -0.2) is 4.39 Å². The highest BCUT2D eigenvalue weighted by atomic mass is 79.9. The van der Waals surface area contributed by atoms with E-state index < -0.39 is 0 Å². The maximum absolute atomic E-state index is 13.1. The quantitative estimate of drug-likeness (QED) is 0.904. The Morgan fingerprint density at radius 3 is 2.67 bits per heavy atom. The van der Waals surface area contributed by atoms with E-state index in [1.165, 1.54) is 6.42 Å². The van der Waals surface area contributed by atoms with Gasteiger partial charge in [-0.2, -0.15) is 0 Å². The van der Waals surface area contributed by atoms with Gasteiger partial charge in [-0.05, 0) is 50.0 Å². The minimum atomic E-state index is -0.186. The van der Waals surface area contributed by atoms with Gasteiger partial charge in [0.2, 0.25) is 0 Å². The molecule has 3 rings (SSSR count). The molecule has 1 unspecified atom stereocenters. The lowest BCUT2D eigenvalue weighted by Crippen LogP contribution is -2.46. The van der Waals surface area contributed by atoms with Gasteiger partial charge in [-0.3, -0.25) is 9.80 Å². The van der Waals surface area contributed by atoms with Crippen LogP contribution in [0.5, 0.6) is 0 Å². The van der Waals surface area contributed by atoms with Crippen LogP contribution in [-0.4, -0.2) is 48.1 Å². The number of rotatable bonds is 3. The van der Waals surface area contributed by atoms with Crippen molar-refractivity contribution >= 4 is 15.9 Å². The van der Waals surface area contributed by atoms with E-state index in [-0.39, 0.29) is 5.82 Å². The maximum Gasteiger partial charge on any atom is 0.124 e. The third-order valence-electron chi connectivity index (χ3n) is 4.75. The molecule has 0 aliphatic carbocycles. The summed E-state index contributed by atoms with van der Waals surface area (Å²) in [5.74, 6) is -0.186. The predicted molar refractivity (Wildman–Crippen MR) is 86.6 cm³/mol. The zero-order chi connectivity index (χ0) is 14.8. The Bertz CT molecular complexity index is 488. The average Bonchev–Trinajstić information content (AvgIpc) is 2.91. The number of hydrogen-bond donors (Lipinski definition) is 1. The molecule has 0 amide bonds. The number of hydrogen-bond acceptors (Lipinski definition) is 3. The molecule has 2 aliphatic heterocycles. The van der Waals surface area contributed by atoms with Crippen LogP contribution in [0.2, 0.25) is 0 Å². The second-order valence-corrected chi connectivity index (χ2v) is 7.14. The molecule has 2 saturated heterocycles. The van der Waals surface area contributed by atoms with E-state index in [0.717, 1.165) is 55.6 Å². The normalized spacial score (nSPS) is 25.6. The van der Waals surface area contributed by atoms with Gasteiger partial charge in [0.15, 0.2) is 0 Å². The summed E-state index contributed by atoms with van der Waals surface area (Å²) < 4.78 is 14.0. The number of likely N-dealkylation sites (tertiary alicyclic amines) is 2. The monoisotopic (exact) mass is 355 g/mol. The number of nitrogens with two attached hydrogens (primary N) is 1. The molecule has 0 radical (unpaired) electrons. The topological polar surface area (TPSA) is 32.5 Å². The van der Waals surface area contributed by atoms with Crippen molar-refractivity contribution in [3.63, 3.8) is 0 Å². The van der Waals surface area contributed by atoms with Crippen LogP contribution >= 0.6 is 15.9 Å². The van der Waals surface area contributed by atoms with Crippen molar-refractivity contribution in [1.29, 1.82) is 0 Å². The SMILES string of the molecule is NC1CCN(C2CCN(Cc3ccc(F)cc3Br)C2)CC1. The fraction of sp³-hybridized carbons (Fsp3) is 0.625. The summed E-state index contributed by atoms with van der Waals surface area (Å²) in [6.45, 7) is 5.40. The first-order valence-electron chi connectivity index (χ1n) is 7.78. The van der Waals surface area contributed by atoms with Crippen LogP contribution in [0.3, 0.4) is 0 Å². The Morgan fingerprint density at radius 2 is 1.95 bits per heavy atom. The van der Waals surface area contributed by atoms with Crippen molar-refractivity contribution in [3.05, 3.63) is 34.1 Å². The number of benzene rings is 1. The van der Waals surface area contributed by atoms with Crippen LogP contribution in [-0.2, 0) is 6.54 Å². The number of nitrogens with zero attached hydrogens (tertiary/aromatic N) is 2. The molecule has 2 aliphatic rings. The molecule has 0 saturated carbocycles. The van der Waals surface area contributed by atoms with Crippen molar-refractivity contribution in [1.82, 2.24) is 9.80 Å². The minimum Gasteiger partial charge on any atom is -0.328 e. The summed E-state index contributed by atoms with van der Waals surface area (Å²) in [7, 11) is 0. The van der Waals surface area contributed by atoms with E-state index >= 15 is 0 Å². The van der Waals surface area contributed by atoms with Gasteiger partial charge in [-0.15, -0.1) is 0 Å². The van der Waals surface area contributed by atoms with E-state index in [9.17, 15) is 4.39 Å². The Kier molecular flexibility index (Phi) is 4.94. The highest BCUT2D eigenvalue weighted by molar-refractivity contribution is 9.10. The van der Waals surface area contributed by atoms with Crippen molar-refractivity contribution < 1.29 is 4.39 Å². The van der Waals surface area contributed by atoms with Crippen molar-refractivity contribution in [2.45, 2.75) is 37.9 Å². The number of piperidine rings is 1. The molecule has 1 aromatic rings. The molecular formula is C16H23BrFN3. The highest BCUT2D eigenvalue weighted by Crippen LogP contribution is 2.24. The molecule has 0 spiro atoms. The second-order valence-electron chi connectivity index (χ2n) is 6.29. The van der Waals surface area contributed by atoms with Crippen molar-refractivity contribution in [2.24, 2.45) is 5.73 Å². The highest BCUT2D eigenvalue weighted by Gasteiger charge is 2.29. The molecule has 0 bridgehead atoms. The van der Waals surface area contributed by atoms with Crippen LogP contribution in [0.4, 0.5) is 4.39 Å². The first-order valence-corrected chi connectivity index (χ1v) is 8.57. The average molecular weight is 356 g/mol. The van der Waals surface area contributed by atoms with Gasteiger partial charge in [0.25, 0.3) is 0 Å². The molecule has 21 heavy (non-hydrogen) atoms. The van der Waals surface area contributed by atoms with Gasteiger partial charge in [-0.1, -0.05) is 22.0 Å². The lowest BCUT2D eigenvalue weighted by molar-refractivity contribution is 0.151. The Morgan fingerprint density at radius 1 is 1.19 bits per heavy atom. The predicted octanol–water partition coefficient (Wildman–Crippen LogP) is 2.59. The molecule has 2 heterocycles. The Hall–Kier alpha value is -0.490. The Labute approximate surface area is 134 Å². The van der Waals surface area contributed by atoms with Crippen LogP contribution in [0.1, 0.15) is 24.8 Å². The molecule has 3 nitrogen and oxygen atoms in total. The molecular weight excluding hydrogens is 333 g/mol. The van der Waals surface area contributed by atoms with Gasteiger partial charge >= 0.3 is 0 Å². The van der Waals surface area contributed by atoms with Crippen molar-refractivity contribution in [2.75, 3.05) is 26.2 Å². The minimum absolute atomic E-state index is 0.186. The molecule has 116 valence electrons. The van der Waals surface area contributed by atoms with E-state index in [1.807, 2.05) is 6.07 Å². The van der Waals surface area contributed by atoms with Crippen LogP contribution in [0, 0.1) is 5.82 Å². The van der Waals surface area contributed by atoms with Crippen LogP contribution in [0.25, 0.3) is 0 Å². The van der Waals surface area contributed by atoms with Gasteiger partial charge in [0, 0.05) is 36.2 Å². The fourth-order valence-corrected chi connectivity index (χ4v) is 3.91. The zero-order valence-electron chi connectivity index (χ0n) is 12.3. The summed E-state index contributed by atoms with van der Waals surface area (Å²) in [4.78, 5) is 5.07. The maximum atomic E-state index is 13.1. The Balaban J connectivity index is 1.55. The van der Waals surface area contributed by atoms with Gasteiger partial charge in [0.05, 0.1) is 0 Å². The summed E-state index contributed by atoms with van der Waals surface area (Å²) >= 11 is 3.46. The van der Waals surface area contributed by atoms with Crippen LogP contribution < -0.4 is 5.73 Å². The van der Waals surface area contributed by atoms with E-state index in [1.54, 1.807) is 12.1 Å². The van der Waals surface area contributed by atoms with Crippen molar-refractivity contribution in [3.8, 4) is 0 Å². The summed E-state index contributed by atoms with van der Waals surface area (Å²) in [5, 5.41) is 0. The largest absolute Gasteiger partial charge is 0.328 e. The number of halogens is 2. The zero-order valence-corrected chi connectivity index (χ0v) is 13.9. The summed E-state index contributed by atoms with van der Waals surface area (Å²) in [6, 6.07) is 6.03. The van der Waals surface area contributed by atoms with Gasteiger partial charge in [0.1, 0.15) is 5.82 Å². The first-order chi connectivity index (χ1) is 10.1. The lowest BCUT2D eigenvalue weighted by atomic mass is 10.0. The van der Waals surface area contributed by atoms with E-state index in [4.69, 9.17) is 5.73 Å². The van der Waals surface area contributed by atoms with E-state index in [0.29, 0.717) is 12.1 Å². The standard InChI is InChI=1S/C16H23BrFN3/c17-16-9-13(18)2-1-12(16)10-20-6-5-15(11-20)21-7-3-14(19)4-8-21/h1-2,9,14-15H,3-8,10-11,19H2.